The fourth-order valence-corrected chi connectivity index (χ4v) is 2.40. The number of carbonyl (C=O) groups excluding carboxylic acids is 3. The maximum absolute atomic E-state index is 12.5. The third-order valence-corrected chi connectivity index (χ3v) is 4.16. The van der Waals surface area contributed by atoms with E-state index in [1.54, 1.807) is 0 Å². The lowest BCUT2D eigenvalue weighted by Crippen LogP contribution is -2.56. The van der Waals surface area contributed by atoms with Crippen molar-refractivity contribution >= 4 is 29.7 Å². The van der Waals surface area contributed by atoms with E-state index in [0.29, 0.717) is 5.69 Å². The molecule has 0 aliphatic rings. The van der Waals surface area contributed by atoms with Crippen molar-refractivity contribution in [2.45, 2.75) is 50.4 Å². The van der Waals surface area contributed by atoms with Gasteiger partial charge in [-0.2, -0.15) is 0 Å². The van der Waals surface area contributed by atoms with Crippen LogP contribution >= 0.6 is 0 Å². The molecule has 14 nitrogen and oxygen atoms in total. The van der Waals surface area contributed by atoms with Crippen LogP contribution in [0.5, 0.6) is 0 Å². The van der Waals surface area contributed by atoms with E-state index in [9.17, 15) is 24.0 Å². The monoisotopic (exact) mass is 442 g/mol. The second kappa shape index (κ2) is 12.2. The Balaban J connectivity index is 2.75. The van der Waals surface area contributed by atoms with E-state index >= 15 is 0 Å². The maximum atomic E-state index is 12.5. The van der Waals surface area contributed by atoms with Crippen LogP contribution in [0.25, 0.3) is 0 Å². The molecule has 14 heteroatoms. The molecule has 1 heterocycles. The molecule has 1 aromatic heterocycles. The molecule has 0 fully saturated rings. The Morgan fingerprint density at radius 3 is 2.23 bits per heavy atom. The molecule has 1 aromatic rings. The van der Waals surface area contributed by atoms with E-state index in [4.69, 9.17) is 21.1 Å². The lowest BCUT2D eigenvalue weighted by molar-refractivity contribution is -0.143. The predicted molar refractivity (Wildman–Crippen MR) is 103 cm³/mol. The molecule has 0 spiro atoms. The van der Waals surface area contributed by atoms with Crippen LogP contribution in [0.3, 0.4) is 0 Å². The highest BCUT2D eigenvalue weighted by molar-refractivity contribution is 5.94. The number of hydrogen-bond donors (Lipinski definition) is 8. The molecule has 0 bridgehead atoms. The normalized spacial score (nSPS) is 14.5. The average Bonchev–Trinajstić information content (AvgIpc) is 3.21. The molecule has 0 saturated heterocycles. The number of aromatic amines is 1. The number of carboxylic acids is 2. The number of aliphatic hydroxyl groups is 1. The van der Waals surface area contributed by atoms with E-state index < -0.39 is 66.9 Å². The fraction of sp³-hybridized carbons (Fsp3) is 0.529. The Labute approximate surface area is 176 Å². The summed E-state index contributed by atoms with van der Waals surface area (Å²) >= 11 is 0. The first-order valence-corrected chi connectivity index (χ1v) is 9.24. The lowest BCUT2D eigenvalue weighted by Gasteiger charge is -2.23. The molecule has 0 aliphatic heterocycles. The van der Waals surface area contributed by atoms with Gasteiger partial charge in [0, 0.05) is 24.7 Å². The number of nitrogens with one attached hydrogen (secondary N) is 4. The van der Waals surface area contributed by atoms with Crippen molar-refractivity contribution in [2.24, 2.45) is 5.73 Å². The zero-order valence-corrected chi connectivity index (χ0v) is 16.7. The zero-order chi connectivity index (χ0) is 23.6. The molecule has 0 aromatic carbocycles. The SMILES string of the molecule is CC(NC(=O)C(CCC(=O)O)NC(=O)C(N)Cc1cnc[nH]1)C(=O)NC(CO)C(=O)O. The quantitative estimate of drug-likeness (QED) is 0.151. The van der Waals surface area contributed by atoms with Crippen molar-refractivity contribution in [1.82, 2.24) is 25.9 Å². The van der Waals surface area contributed by atoms with Gasteiger partial charge in [0.15, 0.2) is 0 Å². The highest BCUT2D eigenvalue weighted by Crippen LogP contribution is 2.02. The van der Waals surface area contributed by atoms with E-state index in [1.807, 2.05) is 5.32 Å². The lowest BCUT2D eigenvalue weighted by atomic mass is 10.1. The minimum absolute atomic E-state index is 0.0929. The Kier molecular flexibility index (Phi) is 10.1. The Morgan fingerprint density at radius 2 is 1.71 bits per heavy atom. The third-order valence-electron chi connectivity index (χ3n) is 4.16. The average molecular weight is 442 g/mol. The largest absolute Gasteiger partial charge is 0.481 e. The van der Waals surface area contributed by atoms with Gasteiger partial charge in [0.25, 0.3) is 0 Å². The summed E-state index contributed by atoms with van der Waals surface area (Å²) in [6, 6.07) is -5.15. The second-order valence-electron chi connectivity index (χ2n) is 6.69. The fourth-order valence-electron chi connectivity index (χ4n) is 2.40. The number of hydrogen-bond acceptors (Lipinski definition) is 8. The van der Waals surface area contributed by atoms with Crippen molar-refractivity contribution in [3.8, 4) is 0 Å². The third kappa shape index (κ3) is 8.79. The number of carbonyl (C=O) groups is 5. The number of rotatable bonds is 13. The molecule has 172 valence electrons. The molecule has 1 rings (SSSR count). The predicted octanol–water partition coefficient (Wildman–Crippen LogP) is -3.30. The summed E-state index contributed by atoms with van der Waals surface area (Å²) in [6.45, 7) is 0.400. The topological polar surface area (TPSA) is 237 Å². The Hall–Kier alpha value is -3.52. The van der Waals surface area contributed by atoms with Crippen LogP contribution in [0.15, 0.2) is 12.5 Å². The summed E-state index contributed by atoms with van der Waals surface area (Å²) in [5.41, 5.74) is 6.39. The first-order valence-electron chi connectivity index (χ1n) is 9.24. The van der Waals surface area contributed by atoms with Crippen LogP contribution in [0.2, 0.25) is 0 Å². The van der Waals surface area contributed by atoms with Crippen LogP contribution in [-0.4, -0.2) is 85.7 Å². The van der Waals surface area contributed by atoms with Gasteiger partial charge in [-0.15, -0.1) is 0 Å². The summed E-state index contributed by atoms with van der Waals surface area (Å²) < 4.78 is 0. The zero-order valence-electron chi connectivity index (χ0n) is 16.7. The molecule has 3 amide bonds. The molecule has 0 saturated carbocycles. The van der Waals surface area contributed by atoms with Crippen LogP contribution in [0, 0.1) is 0 Å². The summed E-state index contributed by atoms with van der Waals surface area (Å²) in [6.07, 6.45) is 2.25. The molecule has 0 radical (unpaired) electrons. The minimum atomic E-state index is -1.56. The van der Waals surface area contributed by atoms with Crippen LogP contribution in [0.4, 0.5) is 0 Å². The summed E-state index contributed by atoms with van der Waals surface area (Å²) in [4.78, 5) is 65.2. The summed E-state index contributed by atoms with van der Waals surface area (Å²) in [7, 11) is 0. The van der Waals surface area contributed by atoms with Crippen LogP contribution in [-0.2, 0) is 30.4 Å². The van der Waals surface area contributed by atoms with E-state index in [1.165, 1.54) is 19.4 Å². The Bertz CT molecular complexity index is 784. The van der Waals surface area contributed by atoms with Gasteiger partial charge in [0.2, 0.25) is 17.7 Å². The number of nitrogens with zero attached hydrogens (tertiary/aromatic N) is 1. The summed E-state index contributed by atoms with van der Waals surface area (Å²) in [5.74, 6) is -5.14. The smallest absolute Gasteiger partial charge is 0.328 e. The highest BCUT2D eigenvalue weighted by atomic mass is 16.4. The van der Waals surface area contributed by atoms with Crippen LogP contribution < -0.4 is 21.7 Å². The molecule has 0 aliphatic carbocycles. The van der Waals surface area contributed by atoms with Gasteiger partial charge in [-0.25, -0.2) is 9.78 Å². The van der Waals surface area contributed by atoms with Crippen molar-refractivity contribution < 1.29 is 39.3 Å². The van der Waals surface area contributed by atoms with E-state index in [-0.39, 0.29) is 12.8 Å². The van der Waals surface area contributed by atoms with Gasteiger partial charge in [0.1, 0.15) is 18.1 Å². The number of aromatic nitrogens is 2. The minimum Gasteiger partial charge on any atom is -0.481 e. The number of carboxylic acid groups (broad SMARTS) is 2. The number of amides is 3. The van der Waals surface area contributed by atoms with E-state index in [0.717, 1.165) is 0 Å². The van der Waals surface area contributed by atoms with Gasteiger partial charge in [-0.05, 0) is 13.3 Å². The summed E-state index contributed by atoms with van der Waals surface area (Å²) in [5, 5.41) is 33.4. The van der Waals surface area contributed by atoms with Gasteiger partial charge < -0.3 is 42.0 Å². The second-order valence-corrected chi connectivity index (χ2v) is 6.69. The number of aliphatic carboxylic acids is 2. The molecule has 4 unspecified atom stereocenters. The van der Waals surface area contributed by atoms with Crippen LogP contribution in [0.1, 0.15) is 25.5 Å². The number of aliphatic hydroxyl groups excluding tert-OH is 1. The van der Waals surface area contributed by atoms with E-state index in [2.05, 4.69) is 20.6 Å². The van der Waals surface area contributed by atoms with Crippen molar-refractivity contribution in [3.63, 3.8) is 0 Å². The number of nitrogens with two attached hydrogens (primary N) is 1. The molecule has 4 atom stereocenters. The first kappa shape index (κ1) is 25.5. The van der Waals surface area contributed by atoms with Gasteiger partial charge in [-0.1, -0.05) is 0 Å². The van der Waals surface area contributed by atoms with Gasteiger partial charge >= 0.3 is 11.9 Å². The van der Waals surface area contributed by atoms with Crippen molar-refractivity contribution in [2.75, 3.05) is 6.61 Å². The van der Waals surface area contributed by atoms with Gasteiger partial charge in [-0.3, -0.25) is 19.2 Å². The first-order chi connectivity index (χ1) is 14.5. The van der Waals surface area contributed by atoms with Crippen molar-refractivity contribution in [3.05, 3.63) is 18.2 Å². The van der Waals surface area contributed by atoms with Gasteiger partial charge in [0.05, 0.1) is 19.0 Å². The molecule has 31 heavy (non-hydrogen) atoms. The molecular formula is C17H26N6O8. The highest BCUT2D eigenvalue weighted by Gasteiger charge is 2.28. The standard InChI is InChI=1S/C17H26N6O8/c1-8(14(27)23-12(6-24)17(30)31)21-16(29)11(2-3-13(25)26)22-15(28)10(18)4-9-5-19-7-20-9/h5,7-8,10-12,24H,2-4,6,18H2,1H3,(H,19,20)(H,21,29)(H,22,28)(H,23,27)(H,25,26)(H,30,31). The number of imidazole rings is 1. The molecular weight excluding hydrogens is 416 g/mol. The molecule has 9 N–H and O–H groups in total. The number of H-pyrrole nitrogens is 1. The Morgan fingerprint density at radius 1 is 1.06 bits per heavy atom. The van der Waals surface area contributed by atoms with Crippen molar-refractivity contribution in [1.29, 1.82) is 0 Å². The maximum Gasteiger partial charge on any atom is 0.328 e.